The maximum absolute atomic E-state index is 12.4. The number of nitrogens with zero attached hydrogens (tertiary/aromatic N) is 3. The van der Waals surface area contributed by atoms with E-state index < -0.39 is 0 Å². The number of anilines is 1. The summed E-state index contributed by atoms with van der Waals surface area (Å²) in [5.41, 5.74) is 0.752. The van der Waals surface area contributed by atoms with Crippen LogP contribution in [-0.4, -0.2) is 41.1 Å². The van der Waals surface area contributed by atoms with Gasteiger partial charge in [-0.05, 0) is 36.3 Å². The standard InChI is InChI=1S/C15H24N4O/c1-15(2,3)11-7-9-19(10-8-11)14(20)12-5-6-13(16-4)18-17-12/h5-6,11H,7-10H2,1-4H3,(H,16,18). The molecule has 0 atom stereocenters. The third-order valence-electron chi connectivity index (χ3n) is 4.15. The molecule has 0 aromatic carbocycles. The molecule has 0 saturated carbocycles. The molecule has 1 aromatic heterocycles. The predicted molar refractivity (Wildman–Crippen MR) is 79.7 cm³/mol. The lowest BCUT2D eigenvalue weighted by molar-refractivity contribution is 0.0602. The summed E-state index contributed by atoms with van der Waals surface area (Å²) in [7, 11) is 1.78. The van der Waals surface area contributed by atoms with Crippen LogP contribution in [0, 0.1) is 11.3 Å². The second kappa shape index (κ2) is 5.77. The van der Waals surface area contributed by atoms with E-state index >= 15 is 0 Å². The molecule has 1 N–H and O–H groups in total. The second-order valence-electron chi connectivity index (χ2n) is 6.49. The smallest absolute Gasteiger partial charge is 0.274 e. The van der Waals surface area contributed by atoms with Crippen LogP contribution in [0.5, 0.6) is 0 Å². The van der Waals surface area contributed by atoms with Crippen molar-refractivity contribution in [3.63, 3.8) is 0 Å². The van der Waals surface area contributed by atoms with Gasteiger partial charge in [-0.3, -0.25) is 4.79 Å². The van der Waals surface area contributed by atoms with E-state index in [-0.39, 0.29) is 5.91 Å². The third-order valence-corrected chi connectivity index (χ3v) is 4.15. The third kappa shape index (κ3) is 3.26. The van der Waals surface area contributed by atoms with Gasteiger partial charge in [0, 0.05) is 20.1 Å². The Morgan fingerprint density at radius 3 is 2.35 bits per heavy atom. The van der Waals surface area contributed by atoms with Gasteiger partial charge in [-0.15, -0.1) is 10.2 Å². The van der Waals surface area contributed by atoms with Crippen LogP contribution in [0.4, 0.5) is 5.82 Å². The molecule has 1 aromatic rings. The number of aromatic nitrogens is 2. The van der Waals surface area contributed by atoms with E-state index in [2.05, 4.69) is 36.3 Å². The Bertz CT molecular complexity index is 456. The molecule has 5 heteroatoms. The first-order valence-electron chi connectivity index (χ1n) is 7.22. The molecule has 2 rings (SSSR count). The molecule has 110 valence electrons. The van der Waals surface area contributed by atoms with E-state index in [4.69, 9.17) is 0 Å². The van der Waals surface area contributed by atoms with Crippen LogP contribution >= 0.6 is 0 Å². The van der Waals surface area contributed by atoms with Crippen LogP contribution in [0.1, 0.15) is 44.1 Å². The fraction of sp³-hybridized carbons (Fsp3) is 0.667. The first-order chi connectivity index (χ1) is 9.41. The average molecular weight is 276 g/mol. The SMILES string of the molecule is CNc1ccc(C(=O)N2CCC(C(C)(C)C)CC2)nn1. The molecule has 1 amide bonds. The van der Waals surface area contributed by atoms with E-state index in [9.17, 15) is 4.79 Å². The number of rotatable bonds is 2. The fourth-order valence-corrected chi connectivity index (χ4v) is 2.69. The summed E-state index contributed by atoms with van der Waals surface area (Å²) in [6, 6.07) is 3.51. The summed E-state index contributed by atoms with van der Waals surface area (Å²) in [5, 5.41) is 10.8. The molecule has 0 spiro atoms. The van der Waals surface area contributed by atoms with Crippen LogP contribution < -0.4 is 5.32 Å². The van der Waals surface area contributed by atoms with Gasteiger partial charge in [0.1, 0.15) is 5.82 Å². The molecule has 1 saturated heterocycles. The topological polar surface area (TPSA) is 58.1 Å². The van der Waals surface area contributed by atoms with Crippen molar-refractivity contribution in [2.24, 2.45) is 11.3 Å². The number of carbonyl (C=O) groups excluding carboxylic acids is 1. The molecule has 0 aliphatic carbocycles. The molecule has 0 unspecified atom stereocenters. The Balaban J connectivity index is 1.97. The van der Waals surface area contributed by atoms with Gasteiger partial charge >= 0.3 is 0 Å². The van der Waals surface area contributed by atoms with Crippen molar-refractivity contribution >= 4 is 11.7 Å². The lowest BCUT2D eigenvalue weighted by atomic mass is 9.75. The number of hydrogen-bond acceptors (Lipinski definition) is 4. The molecule has 0 bridgehead atoms. The monoisotopic (exact) mass is 276 g/mol. The van der Waals surface area contributed by atoms with Crippen LogP contribution in [0.25, 0.3) is 0 Å². The first kappa shape index (κ1) is 14.8. The summed E-state index contributed by atoms with van der Waals surface area (Å²) in [6.45, 7) is 8.46. The molecule has 1 fully saturated rings. The number of hydrogen-bond donors (Lipinski definition) is 1. The number of amides is 1. The summed E-state index contributed by atoms with van der Waals surface area (Å²) in [6.07, 6.45) is 2.13. The molecule has 0 radical (unpaired) electrons. The lowest BCUT2D eigenvalue weighted by Crippen LogP contribution is -2.41. The van der Waals surface area contributed by atoms with Crippen molar-refractivity contribution in [3.05, 3.63) is 17.8 Å². The van der Waals surface area contributed by atoms with E-state index in [0.717, 1.165) is 25.9 Å². The zero-order valence-corrected chi connectivity index (χ0v) is 12.8. The molecule has 1 aliphatic rings. The zero-order valence-electron chi connectivity index (χ0n) is 12.8. The molecular weight excluding hydrogens is 252 g/mol. The normalized spacial score (nSPS) is 17.1. The number of piperidine rings is 1. The minimum Gasteiger partial charge on any atom is -0.372 e. The van der Waals surface area contributed by atoms with Crippen molar-refractivity contribution < 1.29 is 4.79 Å². The molecule has 2 heterocycles. The Kier molecular flexibility index (Phi) is 4.26. The Labute approximate surface area is 120 Å². The Morgan fingerprint density at radius 2 is 1.90 bits per heavy atom. The second-order valence-corrected chi connectivity index (χ2v) is 6.49. The maximum Gasteiger partial charge on any atom is 0.274 e. The Morgan fingerprint density at radius 1 is 1.25 bits per heavy atom. The minimum absolute atomic E-state index is 0.00693. The van der Waals surface area contributed by atoms with E-state index in [0.29, 0.717) is 22.8 Å². The Hall–Kier alpha value is -1.65. The highest BCUT2D eigenvalue weighted by atomic mass is 16.2. The highest BCUT2D eigenvalue weighted by Gasteiger charge is 2.31. The number of likely N-dealkylation sites (tertiary alicyclic amines) is 1. The fourth-order valence-electron chi connectivity index (χ4n) is 2.69. The van der Waals surface area contributed by atoms with Gasteiger partial charge in [0.2, 0.25) is 0 Å². The van der Waals surface area contributed by atoms with Gasteiger partial charge in [0.15, 0.2) is 5.69 Å². The van der Waals surface area contributed by atoms with Gasteiger partial charge in [-0.2, -0.15) is 0 Å². The van der Waals surface area contributed by atoms with Crippen molar-refractivity contribution in [2.75, 3.05) is 25.5 Å². The highest BCUT2D eigenvalue weighted by Crippen LogP contribution is 2.34. The van der Waals surface area contributed by atoms with Crippen molar-refractivity contribution in [1.29, 1.82) is 0 Å². The van der Waals surface area contributed by atoms with Gasteiger partial charge in [0.25, 0.3) is 5.91 Å². The average Bonchev–Trinajstić information content (AvgIpc) is 2.46. The van der Waals surface area contributed by atoms with E-state index in [1.807, 2.05) is 4.90 Å². The van der Waals surface area contributed by atoms with E-state index in [1.54, 1.807) is 19.2 Å². The maximum atomic E-state index is 12.4. The number of nitrogens with one attached hydrogen (secondary N) is 1. The highest BCUT2D eigenvalue weighted by molar-refractivity contribution is 5.92. The quantitative estimate of drug-likeness (QED) is 0.901. The van der Waals surface area contributed by atoms with Gasteiger partial charge in [-0.25, -0.2) is 0 Å². The zero-order chi connectivity index (χ0) is 14.8. The van der Waals surface area contributed by atoms with Crippen LogP contribution in [0.2, 0.25) is 0 Å². The van der Waals surface area contributed by atoms with Gasteiger partial charge in [0.05, 0.1) is 0 Å². The van der Waals surface area contributed by atoms with Crippen molar-refractivity contribution in [1.82, 2.24) is 15.1 Å². The van der Waals surface area contributed by atoms with Crippen LogP contribution in [0.3, 0.4) is 0 Å². The van der Waals surface area contributed by atoms with Crippen LogP contribution in [0.15, 0.2) is 12.1 Å². The minimum atomic E-state index is -0.00693. The summed E-state index contributed by atoms with van der Waals surface area (Å²) in [4.78, 5) is 14.3. The van der Waals surface area contributed by atoms with Crippen molar-refractivity contribution in [2.45, 2.75) is 33.6 Å². The summed E-state index contributed by atoms with van der Waals surface area (Å²) >= 11 is 0. The molecule has 1 aliphatic heterocycles. The summed E-state index contributed by atoms with van der Waals surface area (Å²) < 4.78 is 0. The number of carbonyl (C=O) groups is 1. The predicted octanol–water partition coefficient (Wildman–Crippen LogP) is 2.42. The van der Waals surface area contributed by atoms with Crippen LogP contribution in [-0.2, 0) is 0 Å². The largest absolute Gasteiger partial charge is 0.372 e. The van der Waals surface area contributed by atoms with Crippen molar-refractivity contribution in [3.8, 4) is 0 Å². The first-order valence-corrected chi connectivity index (χ1v) is 7.22. The lowest BCUT2D eigenvalue weighted by Gasteiger charge is -2.38. The molecular formula is C15H24N4O. The van der Waals surface area contributed by atoms with Gasteiger partial charge < -0.3 is 10.2 Å². The molecule has 5 nitrogen and oxygen atoms in total. The molecule has 20 heavy (non-hydrogen) atoms. The summed E-state index contributed by atoms with van der Waals surface area (Å²) in [5.74, 6) is 1.35. The van der Waals surface area contributed by atoms with E-state index in [1.165, 1.54) is 0 Å². The van der Waals surface area contributed by atoms with Gasteiger partial charge in [-0.1, -0.05) is 20.8 Å².